The van der Waals surface area contributed by atoms with Crippen molar-refractivity contribution in [1.82, 2.24) is 4.98 Å². The number of benzene rings is 1. The average molecular weight is 286 g/mol. The fraction of sp³-hybridized carbons (Fsp3) is 0.250. The molecule has 1 fully saturated rings. The second-order valence-electron chi connectivity index (χ2n) is 5.27. The molecular weight excluding hydrogens is 271 g/mol. The van der Waals surface area contributed by atoms with Crippen LogP contribution in [0.25, 0.3) is 0 Å². The molecule has 0 atom stereocenters. The van der Waals surface area contributed by atoms with E-state index in [9.17, 15) is 9.18 Å². The van der Waals surface area contributed by atoms with Gasteiger partial charge >= 0.3 is 5.97 Å². The first kappa shape index (κ1) is 13.5. The maximum atomic E-state index is 12.9. The molecule has 2 N–H and O–H groups in total. The van der Waals surface area contributed by atoms with E-state index >= 15 is 0 Å². The van der Waals surface area contributed by atoms with Crippen LogP contribution < -0.4 is 5.32 Å². The minimum atomic E-state index is -1.04. The SMILES string of the molecule is O=C(O)c1ncc(Cc2ccc(F)cc2)cc1NC1CC1. The Hall–Kier alpha value is -2.43. The summed E-state index contributed by atoms with van der Waals surface area (Å²) in [7, 11) is 0. The summed E-state index contributed by atoms with van der Waals surface area (Å²) in [5.74, 6) is -1.30. The summed E-state index contributed by atoms with van der Waals surface area (Å²) in [5.41, 5.74) is 2.46. The number of carboxylic acids is 1. The van der Waals surface area contributed by atoms with Crippen LogP contribution in [-0.2, 0) is 6.42 Å². The smallest absolute Gasteiger partial charge is 0.356 e. The fourth-order valence-electron chi connectivity index (χ4n) is 2.17. The Balaban J connectivity index is 1.84. The van der Waals surface area contributed by atoms with Crippen LogP contribution in [0.5, 0.6) is 0 Å². The molecule has 4 nitrogen and oxygen atoms in total. The number of hydrogen-bond acceptors (Lipinski definition) is 3. The first-order valence-corrected chi connectivity index (χ1v) is 6.85. The number of nitrogens with zero attached hydrogens (tertiary/aromatic N) is 1. The van der Waals surface area contributed by atoms with E-state index < -0.39 is 5.97 Å². The number of aromatic carboxylic acids is 1. The highest BCUT2D eigenvalue weighted by atomic mass is 19.1. The molecule has 21 heavy (non-hydrogen) atoms. The van der Waals surface area contributed by atoms with E-state index in [4.69, 9.17) is 5.11 Å². The number of halogens is 1. The van der Waals surface area contributed by atoms with E-state index in [2.05, 4.69) is 10.3 Å². The zero-order chi connectivity index (χ0) is 14.8. The topological polar surface area (TPSA) is 62.2 Å². The highest BCUT2D eigenvalue weighted by Crippen LogP contribution is 2.27. The molecule has 0 aliphatic heterocycles. The van der Waals surface area contributed by atoms with E-state index in [1.807, 2.05) is 6.07 Å². The molecule has 5 heteroatoms. The maximum Gasteiger partial charge on any atom is 0.356 e. The standard InChI is InChI=1S/C16H15FN2O2/c17-12-3-1-10(2-4-12)7-11-8-14(19-13-5-6-13)15(16(20)21)18-9-11/h1-4,8-9,13,19H,5-7H2,(H,20,21). The van der Waals surface area contributed by atoms with Crippen LogP contribution in [0.3, 0.4) is 0 Å². The molecule has 108 valence electrons. The molecule has 1 aliphatic rings. The van der Waals surface area contributed by atoms with Crippen molar-refractivity contribution in [1.29, 1.82) is 0 Å². The van der Waals surface area contributed by atoms with Crippen LogP contribution in [0, 0.1) is 5.82 Å². The molecule has 1 aliphatic carbocycles. The molecule has 0 bridgehead atoms. The van der Waals surface area contributed by atoms with Gasteiger partial charge in [0.15, 0.2) is 5.69 Å². The molecule has 0 saturated heterocycles. The normalized spacial score (nSPS) is 14.0. The summed E-state index contributed by atoms with van der Waals surface area (Å²) in [5, 5.41) is 12.4. The van der Waals surface area contributed by atoms with Gasteiger partial charge in [-0.3, -0.25) is 0 Å². The average Bonchev–Trinajstić information content (AvgIpc) is 3.25. The number of anilines is 1. The summed E-state index contributed by atoms with van der Waals surface area (Å²) < 4.78 is 12.9. The maximum absolute atomic E-state index is 12.9. The van der Waals surface area contributed by atoms with Crippen LogP contribution >= 0.6 is 0 Å². The Morgan fingerprint density at radius 1 is 1.29 bits per heavy atom. The second-order valence-corrected chi connectivity index (χ2v) is 5.27. The number of pyridine rings is 1. The van der Waals surface area contributed by atoms with Crippen molar-refractivity contribution < 1.29 is 14.3 Å². The molecule has 2 aromatic rings. The molecule has 0 spiro atoms. The van der Waals surface area contributed by atoms with Crippen LogP contribution in [0.1, 0.15) is 34.5 Å². The molecule has 0 unspecified atom stereocenters. The molecule has 1 heterocycles. The lowest BCUT2D eigenvalue weighted by molar-refractivity contribution is 0.0691. The van der Waals surface area contributed by atoms with Crippen molar-refractivity contribution >= 4 is 11.7 Å². The Labute approximate surface area is 121 Å². The highest BCUT2D eigenvalue weighted by molar-refractivity contribution is 5.92. The number of hydrogen-bond donors (Lipinski definition) is 2. The van der Waals surface area contributed by atoms with Crippen molar-refractivity contribution in [3.05, 3.63) is 59.2 Å². The molecular formula is C16H15FN2O2. The van der Waals surface area contributed by atoms with Crippen LogP contribution in [0.2, 0.25) is 0 Å². The van der Waals surface area contributed by atoms with Crippen LogP contribution in [-0.4, -0.2) is 22.1 Å². The lowest BCUT2D eigenvalue weighted by Gasteiger charge is -2.10. The molecule has 0 amide bonds. The first-order chi connectivity index (χ1) is 10.1. The monoisotopic (exact) mass is 286 g/mol. The first-order valence-electron chi connectivity index (χ1n) is 6.85. The zero-order valence-corrected chi connectivity index (χ0v) is 11.3. The van der Waals surface area contributed by atoms with E-state index in [0.717, 1.165) is 24.0 Å². The van der Waals surface area contributed by atoms with Crippen molar-refractivity contribution in [3.63, 3.8) is 0 Å². The van der Waals surface area contributed by atoms with E-state index in [1.165, 1.54) is 12.1 Å². The summed E-state index contributed by atoms with van der Waals surface area (Å²) in [6.07, 6.45) is 4.26. The van der Waals surface area contributed by atoms with Gasteiger partial charge in [-0.25, -0.2) is 14.2 Å². The summed E-state index contributed by atoms with van der Waals surface area (Å²) in [6.45, 7) is 0. The number of aromatic nitrogens is 1. The third kappa shape index (κ3) is 3.37. The van der Waals surface area contributed by atoms with Crippen LogP contribution in [0.15, 0.2) is 36.5 Å². The molecule has 1 aromatic carbocycles. The van der Waals surface area contributed by atoms with Crippen molar-refractivity contribution in [2.75, 3.05) is 5.32 Å². The number of rotatable bonds is 5. The highest BCUT2D eigenvalue weighted by Gasteiger charge is 2.24. The molecule has 3 rings (SSSR count). The lowest BCUT2D eigenvalue weighted by Crippen LogP contribution is -2.10. The van der Waals surface area contributed by atoms with E-state index in [1.54, 1.807) is 18.3 Å². The van der Waals surface area contributed by atoms with E-state index in [-0.39, 0.29) is 11.5 Å². The van der Waals surface area contributed by atoms with Crippen molar-refractivity contribution in [3.8, 4) is 0 Å². The van der Waals surface area contributed by atoms with Crippen molar-refractivity contribution in [2.45, 2.75) is 25.3 Å². The quantitative estimate of drug-likeness (QED) is 0.886. The van der Waals surface area contributed by atoms with Gasteiger partial charge in [0.2, 0.25) is 0 Å². The Bertz CT molecular complexity index is 666. The van der Waals surface area contributed by atoms with Crippen LogP contribution in [0.4, 0.5) is 10.1 Å². The minimum absolute atomic E-state index is 0.0461. The van der Waals surface area contributed by atoms with Gasteiger partial charge in [-0.05, 0) is 48.6 Å². The molecule has 1 saturated carbocycles. The predicted molar refractivity (Wildman–Crippen MR) is 77.0 cm³/mol. The third-order valence-corrected chi connectivity index (χ3v) is 3.41. The van der Waals surface area contributed by atoms with Gasteiger partial charge in [0.25, 0.3) is 0 Å². The van der Waals surface area contributed by atoms with Gasteiger partial charge < -0.3 is 10.4 Å². The lowest BCUT2D eigenvalue weighted by atomic mass is 10.1. The number of nitrogens with one attached hydrogen (secondary N) is 1. The van der Waals surface area contributed by atoms with Gasteiger partial charge in [0, 0.05) is 12.2 Å². The van der Waals surface area contributed by atoms with Gasteiger partial charge in [0.1, 0.15) is 5.82 Å². The largest absolute Gasteiger partial charge is 0.476 e. The summed E-state index contributed by atoms with van der Waals surface area (Å²) in [4.78, 5) is 15.2. The number of carbonyl (C=O) groups is 1. The minimum Gasteiger partial charge on any atom is -0.476 e. The summed E-state index contributed by atoms with van der Waals surface area (Å²) >= 11 is 0. The predicted octanol–water partition coefficient (Wildman–Crippen LogP) is 3.08. The van der Waals surface area contributed by atoms with Gasteiger partial charge in [-0.15, -0.1) is 0 Å². The fourth-order valence-corrected chi connectivity index (χ4v) is 2.17. The molecule has 1 aromatic heterocycles. The zero-order valence-electron chi connectivity index (χ0n) is 11.3. The molecule has 0 radical (unpaired) electrons. The Morgan fingerprint density at radius 2 is 2.00 bits per heavy atom. The summed E-state index contributed by atoms with van der Waals surface area (Å²) in [6, 6.07) is 8.43. The Kier molecular flexibility index (Phi) is 3.56. The van der Waals surface area contributed by atoms with E-state index in [0.29, 0.717) is 18.2 Å². The second kappa shape index (κ2) is 5.52. The third-order valence-electron chi connectivity index (χ3n) is 3.41. The number of carboxylic acid groups (broad SMARTS) is 1. The van der Waals surface area contributed by atoms with Crippen molar-refractivity contribution in [2.24, 2.45) is 0 Å². The Morgan fingerprint density at radius 3 is 2.62 bits per heavy atom. The van der Waals surface area contributed by atoms with Gasteiger partial charge in [0.05, 0.1) is 5.69 Å². The van der Waals surface area contributed by atoms with Gasteiger partial charge in [-0.1, -0.05) is 12.1 Å². The van der Waals surface area contributed by atoms with Gasteiger partial charge in [-0.2, -0.15) is 0 Å².